The maximum absolute atomic E-state index is 11.4. The van der Waals surface area contributed by atoms with Gasteiger partial charge in [-0.2, -0.15) is 0 Å². The molecule has 15 nitrogen and oxygen atoms in total. The van der Waals surface area contributed by atoms with Gasteiger partial charge in [0.1, 0.15) is 5.69 Å². The highest BCUT2D eigenvalue weighted by Gasteiger charge is 2.29. The third kappa shape index (κ3) is 5.29. The van der Waals surface area contributed by atoms with Gasteiger partial charge >= 0.3 is 5.82 Å². The molecule has 0 aliphatic rings. The second-order valence-corrected chi connectivity index (χ2v) is 8.72. The Labute approximate surface area is 213 Å². The van der Waals surface area contributed by atoms with Crippen LogP contribution in [0.25, 0.3) is 22.8 Å². The number of tetrazole rings is 1. The van der Waals surface area contributed by atoms with E-state index in [1.165, 1.54) is 77.4 Å². The van der Waals surface area contributed by atoms with Crippen LogP contribution in [-0.2, 0) is 15.4 Å². The minimum absolute atomic E-state index is 0.00143. The molecule has 0 saturated carbocycles. The first-order valence-corrected chi connectivity index (χ1v) is 11.7. The third-order valence-corrected chi connectivity index (χ3v) is 6.17. The summed E-state index contributed by atoms with van der Waals surface area (Å²) in [7, 11) is 1.30. The van der Waals surface area contributed by atoms with Crippen molar-refractivity contribution in [3.63, 3.8) is 0 Å². The molecule has 1 heterocycles. The summed E-state index contributed by atoms with van der Waals surface area (Å²) >= 11 is -2.23. The lowest BCUT2D eigenvalue weighted by molar-refractivity contribution is -0.734. The summed E-state index contributed by atoms with van der Waals surface area (Å²) in [6.45, 7) is 0. The Morgan fingerprint density at radius 1 is 1.00 bits per heavy atom. The molecular formula is C20H13N6O9S2-. The maximum Gasteiger partial charge on any atom is 0.341 e. The number of aromatic nitrogens is 4. The largest absolute Gasteiger partial charge is 0.768 e. The SMILES string of the molecule is COc1cc([N+](=O)[O-])ccc1-[n+]1nc(-c2ccc(S(=O)[O-])cc2SO[O-])nn1-c1ccc([N+](=O)[O-])cc1. The Morgan fingerprint density at radius 3 is 2.27 bits per heavy atom. The Morgan fingerprint density at radius 2 is 1.68 bits per heavy atom. The number of nitrogens with zero attached hydrogens (tertiary/aromatic N) is 6. The molecule has 0 fully saturated rings. The summed E-state index contributed by atoms with van der Waals surface area (Å²) in [5.74, 6) is 0.0671. The molecule has 37 heavy (non-hydrogen) atoms. The van der Waals surface area contributed by atoms with Crippen molar-refractivity contribution < 1.29 is 37.7 Å². The van der Waals surface area contributed by atoms with Crippen LogP contribution in [0.5, 0.6) is 5.75 Å². The van der Waals surface area contributed by atoms with Crippen molar-refractivity contribution in [2.24, 2.45) is 0 Å². The number of hydrogen-bond donors (Lipinski definition) is 0. The Kier molecular flexibility index (Phi) is 7.50. The Balaban J connectivity index is 1.95. The molecule has 4 rings (SSSR count). The van der Waals surface area contributed by atoms with E-state index in [0.717, 1.165) is 0 Å². The van der Waals surface area contributed by atoms with Crippen molar-refractivity contribution in [3.05, 3.63) is 80.9 Å². The monoisotopic (exact) mass is 545 g/mol. The molecule has 0 aliphatic heterocycles. The highest BCUT2D eigenvalue weighted by molar-refractivity contribution is 7.94. The fourth-order valence-corrected chi connectivity index (χ4v) is 4.23. The first-order valence-electron chi connectivity index (χ1n) is 9.91. The Hall–Kier alpha value is -4.29. The van der Waals surface area contributed by atoms with Crippen molar-refractivity contribution in [2.75, 3.05) is 7.11 Å². The average molecular weight is 545 g/mol. The highest BCUT2D eigenvalue weighted by Crippen LogP contribution is 2.32. The molecule has 0 N–H and O–H groups in total. The molecule has 0 saturated heterocycles. The molecule has 17 heteroatoms. The number of benzene rings is 3. The second-order valence-electron chi connectivity index (χ2n) is 7.03. The standard InChI is InChI=1S/C20H14N6O9S2/c1-34-18-10-14(26(29)30)6-9-17(18)24-22-20(16-8-7-15(37(32)33)11-19(16)36-35-31)21-23(24)12-2-4-13(5-3-12)25(27)28/h2-11H,1H3,(H-,31,32,33)/p-1. The van der Waals surface area contributed by atoms with E-state index in [-0.39, 0.29) is 44.0 Å². The molecule has 190 valence electrons. The van der Waals surface area contributed by atoms with Crippen LogP contribution < -0.4 is 14.8 Å². The smallest absolute Gasteiger partial charge is 0.341 e. The van der Waals surface area contributed by atoms with E-state index < -0.39 is 20.9 Å². The van der Waals surface area contributed by atoms with Crippen molar-refractivity contribution >= 4 is 34.5 Å². The number of nitro groups is 2. The molecule has 0 bridgehead atoms. The van der Waals surface area contributed by atoms with Crippen LogP contribution in [0.4, 0.5) is 11.4 Å². The van der Waals surface area contributed by atoms with E-state index in [0.29, 0.717) is 17.7 Å². The molecule has 4 aromatic rings. The van der Waals surface area contributed by atoms with Gasteiger partial charge in [-0.15, -0.1) is 0 Å². The maximum atomic E-state index is 11.4. The summed E-state index contributed by atoms with van der Waals surface area (Å²) in [4.78, 5) is 23.6. The topological polar surface area (TPSA) is 203 Å². The first-order chi connectivity index (χ1) is 17.7. The quantitative estimate of drug-likeness (QED) is 0.0734. The zero-order valence-corrected chi connectivity index (χ0v) is 20.1. The summed E-state index contributed by atoms with van der Waals surface area (Å²) in [5.41, 5.74) is 0.352. The Bertz CT molecular complexity index is 1530. The fourth-order valence-electron chi connectivity index (χ4n) is 3.26. The van der Waals surface area contributed by atoms with Crippen LogP contribution in [0.3, 0.4) is 0 Å². The van der Waals surface area contributed by atoms with Gasteiger partial charge in [-0.25, -0.2) is 0 Å². The van der Waals surface area contributed by atoms with E-state index in [2.05, 4.69) is 14.5 Å². The molecule has 3 aromatic carbocycles. The summed E-state index contributed by atoms with van der Waals surface area (Å²) in [6.07, 6.45) is 0. The molecule has 1 aromatic heterocycles. The van der Waals surface area contributed by atoms with Gasteiger partial charge in [-0.05, 0) is 51.3 Å². The lowest BCUT2D eigenvalue weighted by Crippen LogP contribution is -2.43. The van der Waals surface area contributed by atoms with Crippen molar-refractivity contribution in [3.8, 4) is 28.5 Å². The minimum Gasteiger partial charge on any atom is -0.768 e. The zero-order valence-electron chi connectivity index (χ0n) is 18.4. The highest BCUT2D eigenvalue weighted by atomic mass is 32.2. The predicted octanol–water partition coefficient (Wildman–Crippen LogP) is 1.57. The van der Waals surface area contributed by atoms with Gasteiger partial charge in [-0.3, -0.25) is 24.4 Å². The molecule has 1 unspecified atom stereocenters. The van der Waals surface area contributed by atoms with Gasteiger partial charge in [0.25, 0.3) is 11.4 Å². The van der Waals surface area contributed by atoms with Gasteiger partial charge in [0.15, 0.2) is 5.75 Å². The summed E-state index contributed by atoms with van der Waals surface area (Å²) in [5, 5.41) is 42.1. The van der Waals surface area contributed by atoms with E-state index in [9.17, 15) is 34.2 Å². The molecule has 0 amide bonds. The number of methoxy groups -OCH3 is 1. The molecule has 0 spiro atoms. The summed E-state index contributed by atoms with van der Waals surface area (Å²) in [6, 6.07) is 12.9. The zero-order chi connectivity index (χ0) is 26.7. The van der Waals surface area contributed by atoms with E-state index in [1.807, 2.05) is 0 Å². The van der Waals surface area contributed by atoms with Crippen molar-refractivity contribution in [2.45, 2.75) is 9.79 Å². The van der Waals surface area contributed by atoms with E-state index in [4.69, 9.17) is 4.74 Å². The number of ether oxygens (including phenoxy) is 1. The van der Waals surface area contributed by atoms with E-state index >= 15 is 0 Å². The molecule has 1 atom stereocenters. The van der Waals surface area contributed by atoms with Crippen LogP contribution in [0, 0.1) is 20.2 Å². The van der Waals surface area contributed by atoms with Gasteiger partial charge in [0, 0.05) is 50.9 Å². The van der Waals surface area contributed by atoms with Crippen LogP contribution in [0.2, 0.25) is 0 Å². The number of nitro benzene ring substituents is 2. The number of rotatable bonds is 9. The van der Waals surface area contributed by atoms with E-state index in [1.54, 1.807) is 0 Å². The van der Waals surface area contributed by atoms with Gasteiger partial charge in [0.05, 0.1) is 33.7 Å². The summed E-state index contributed by atoms with van der Waals surface area (Å²) < 4.78 is 32.0. The van der Waals surface area contributed by atoms with Gasteiger partial charge in [-0.1, -0.05) is 0 Å². The van der Waals surface area contributed by atoms with Gasteiger partial charge < -0.3 is 18.9 Å². The average Bonchev–Trinajstić information content (AvgIpc) is 3.33. The van der Waals surface area contributed by atoms with Crippen molar-refractivity contribution in [1.29, 1.82) is 0 Å². The molecule has 0 radical (unpaired) electrons. The lowest BCUT2D eigenvalue weighted by Gasteiger charge is -2.10. The fraction of sp³-hybridized carbons (Fsp3) is 0.0500. The lowest BCUT2D eigenvalue weighted by atomic mass is 10.2. The predicted molar refractivity (Wildman–Crippen MR) is 122 cm³/mol. The van der Waals surface area contributed by atoms with Crippen LogP contribution in [0.1, 0.15) is 0 Å². The second kappa shape index (κ2) is 10.8. The first kappa shape index (κ1) is 25.8. The minimum atomic E-state index is -2.58. The normalized spacial score (nSPS) is 11.8. The number of non-ortho nitro benzene ring substituents is 2. The van der Waals surface area contributed by atoms with Gasteiger partial charge in [0.2, 0.25) is 5.69 Å². The van der Waals surface area contributed by atoms with Crippen LogP contribution in [0.15, 0.2) is 70.5 Å². The van der Waals surface area contributed by atoms with Crippen LogP contribution >= 0.6 is 12.0 Å². The molecule has 0 aliphatic carbocycles. The van der Waals surface area contributed by atoms with Crippen LogP contribution in [-0.4, -0.2) is 40.7 Å². The third-order valence-electron chi connectivity index (χ3n) is 4.95. The van der Waals surface area contributed by atoms with Crippen molar-refractivity contribution in [1.82, 2.24) is 15.0 Å². The molecular weight excluding hydrogens is 532 g/mol. The number of hydrogen-bond acceptors (Lipinski definition) is 12.